The van der Waals surface area contributed by atoms with Gasteiger partial charge in [0.25, 0.3) is 0 Å². The highest BCUT2D eigenvalue weighted by molar-refractivity contribution is 7.13. The highest BCUT2D eigenvalue weighted by Gasteiger charge is 2.12. The predicted molar refractivity (Wildman–Crippen MR) is 95.7 cm³/mol. The number of nitrogens with one attached hydrogen (secondary N) is 1. The van der Waals surface area contributed by atoms with Crippen molar-refractivity contribution in [2.45, 2.75) is 20.5 Å². The molecule has 7 heteroatoms. The molecule has 3 rings (SSSR count). The quantitative estimate of drug-likeness (QED) is 0.762. The molecule has 0 fully saturated rings. The van der Waals surface area contributed by atoms with Gasteiger partial charge in [-0.25, -0.2) is 9.97 Å². The number of nitrogens with zero attached hydrogens (tertiary/aromatic N) is 3. The summed E-state index contributed by atoms with van der Waals surface area (Å²) in [6.07, 6.45) is 1.67. The van der Waals surface area contributed by atoms with E-state index in [1.807, 2.05) is 32.0 Å². The monoisotopic (exact) mass is 342 g/mol. The van der Waals surface area contributed by atoms with Gasteiger partial charge in [0.1, 0.15) is 0 Å². The lowest BCUT2D eigenvalue weighted by molar-refractivity contribution is 0.282. The molecule has 0 atom stereocenters. The number of benzene rings is 1. The Morgan fingerprint density at radius 1 is 1.29 bits per heavy atom. The van der Waals surface area contributed by atoms with Crippen molar-refractivity contribution in [3.05, 3.63) is 57.0 Å². The van der Waals surface area contributed by atoms with Gasteiger partial charge in [-0.1, -0.05) is 23.5 Å². The van der Waals surface area contributed by atoms with Crippen LogP contribution >= 0.6 is 11.3 Å². The van der Waals surface area contributed by atoms with Crippen LogP contribution in [0.15, 0.2) is 35.3 Å². The van der Waals surface area contributed by atoms with E-state index in [1.165, 1.54) is 11.3 Å². The van der Waals surface area contributed by atoms with Crippen molar-refractivity contribution in [2.75, 3.05) is 5.32 Å². The van der Waals surface area contributed by atoms with Crippen molar-refractivity contribution in [1.82, 2.24) is 14.5 Å². The summed E-state index contributed by atoms with van der Waals surface area (Å²) in [5.74, 6) is 0.452. The minimum Gasteiger partial charge on any atom is -0.392 e. The highest BCUT2D eigenvalue weighted by Crippen LogP contribution is 2.26. The summed E-state index contributed by atoms with van der Waals surface area (Å²) in [7, 11) is 1.75. The first-order chi connectivity index (χ1) is 11.5. The van der Waals surface area contributed by atoms with Crippen LogP contribution in [0.4, 0.5) is 11.6 Å². The summed E-state index contributed by atoms with van der Waals surface area (Å²) in [5, 5.41) is 12.5. The Labute approximate surface area is 143 Å². The normalized spacial score (nSPS) is 10.8. The van der Waals surface area contributed by atoms with Crippen molar-refractivity contribution >= 4 is 23.0 Å². The Morgan fingerprint density at radius 3 is 2.75 bits per heavy atom. The van der Waals surface area contributed by atoms with Crippen molar-refractivity contribution in [2.24, 2.45) is 7.05 Å². The first-order valence-corrected chi connectivity index (χ1v) is 8.28. The van der Waals surface area contributed by atoms with Gasteiger partial charge in [-0.3, -0.25) is 4.79 Å². The Hall–Kier alpha value is -2.51. The zero-order chi connectivity index (χ0) is 17.3. The highest BCUT2D eigenvalue weighted by atomic mass is 32.1. The van der Waals surface area contributed by atoms with E-state index in [1.54, 1.807) is 23.9 Å². The average Bonchev–Trinajstić information content (AvgIpc) is 2.85. The third-order valence-corrected chi connectivity index (χ3v) is 5.07. The maximum absolute atomic E-state index is 11.8. The lowest BCUT2D eigenvalue weighted by Gasteiger charge is -2.10. The minimum absolute atomic E-state index is 0.0119. The molecule has 6 nitrogen and oxygen atoms in total. The molecule has 2 heterocycles. The predicted octanol–water partition coefficient (Wildman–Crippen LogP) is 2.76. The summed E-state index contributed by atoms with van der Waals surface area (Å²) in [5.41, 5.74) is 4.28. The number of thiazole rings is 1. The van der Waals surface area contributed by atoms with Gasteiger partial charge >= 0.3 is 4.87 Å². The van der Waals surface area contributed by atoms with E-state index in [0.717, 1.165) is 27.4 Å². The number of aryl methyl sites for hydroxylation is 1. The zero-order valence-electron chi connectivity index (χ0n) is 13.7. The van der Waals surface area contributed by atoms with Crippen molar-refractivity contribution < 1.29 is 5.11 Å². The number of hydrogen-bond donors (Lipinski definition) is 2. The Morgan fingerprint density at radius 2 is 2.08 bits per heavy atom. The Balaban J connectivity index is 1.97. The van der Waals surface area contributed by atoms with Gasteiger partial charge < -0.3 is 15.0 Å². The Bertz CT molecular complexity index is 946. The lowest BCUT2D eigenvalue weighted by Crippen LogP contribution is -2.08. The van der Waals surface area contributed by atoms with E-state index >= 15 is 0 Å². The van der Waals surface area contributed by atoms with Gasteiger partial charge in [0.2, 0.25) is 5.95 Å². The molecule has 0 unspecified atom stereocenters. The maximum atomic E-state index is 11.8. The molecule has 0 aliphatic carbocycles. The molecule has 2 aromatic heterocycles. The fraction of sp³-hybridized carbons (Fsp3) is 0.235. The van der Waals surface area contributed by atoms with E-state index in [4.69, 9.17) is 0 Å². The van der Waals surface area contributed by atoms with E-state index in [-0.39, 0.29) is 11.5 Å². The summed E-state index contributed by atoms with van der Waals surface area (Å²) >= 11 is 1.17. The topological polar surface area (TPSA) is 80.0 Å². The zero-order valence-corrected chi connectivity index (χ0v) is 14.5. The SMILES string of the molecule is Cc1ccc(CO)cc1Nc1nccc(-c2sc(=O)n(C)c2C)n1. The summed E-state index contributed by atoms with van der Waals surface area (Å²) in [6, 6.07) is 7.48. The molecule has 0 amide bonds. The van der Waals surface area contributed by atoms with Crippen LogP contribution in [0.25, 0.3) is 10.6 Å². The van der Waals surface area contributed by atoms with E-state index < -0.39 is 0 Å². The molecule has 0 aliphatic rings. The smallest absolute Gasteiger partial charge is 0.307 e. The molecule has 1 aromatic carbocycles. The molecular formula is C17H18N4O2S. The van der Waals surface area contributed by atoms with E-state index in [2.05, 4.69) is 15.3 Å². The van der Waals surface area contributed by atoms with Crippen LogP contribution in [0, 0.1) is 13.8 Å². The summed E-state index contributed by atoms with van der Waals surface area (Å²) in [4.78, 5) is 21.4. The molecule has 3 aromatic rings. The fourth-order valence-electron chi connectivity index (χ4n) is 2.32. The van der Waals surface area contributed by atoms with Gasteiger partial charge in [-0.15, -0.1) is 0 Å². The first-order valence-electron chi connectivity index (χ1n) is 7.47. The number of rotatable bonds is 4. The molecule has 0 bridgehead atoms. The minimum atomic E-state index is -0.0208. The second-order valence-corrected chi connectivity index (χ2v) is 6.50. The van der Waals surface area contributed by atoms with Crippen LogP contribution in [0.2, 0.25) is 0 Å². The van der Waals surface area contributed by atoms with Crippen molar-refractivity contribution in [3.63, 3.8) is 0 Å². The third-order valence-electron chi connectivity index (χ3n) is 3.91. The molecule has 0 spiro atoms. The molecule has 124 valence electrons. The van der Waals surface area contributed by atoms with Gasteiger partial charge in [-0.05, 0) is 37.1 Å². The lowest BCUT2D eigenvalue weighted by atomic mass is 10.1. The number of anilines is 2. The van der Waals surface area contributed by atoms with Crippen LogP contribution in [-0.4, -0.2) is 19.6 Å². The summed E-state index contributed by atoms with van der Waals surface area (Å²) in [6.45, 7) is 3.85. The van der Waals surface area contributed by atoms with E-state index in [0.29, 0.717) is 11.6 Å². The standard InChI is InChI=1S/C17H18N4O2S/c1-10-4-5-12(9-22)8-14(10)20-16-18-7-6-13(19-16)15-11(2)21(3)17(23)24-15/h4-8,22H,9H2,1-3H3,(H,18,19,20). The summed E-state index contributed by atoms with van der Waals surface area (Å²) < 4.78 is 1.62. The molecular weight excluding hydrogens is 324 g/mol. The van der Waals surface area contributed by atoms with Crippen LogP contribution in [0.3, 0.4) is 0 Å². The van der Waals surface area contributed by atoms with Crippen molar-refractivity contribution in [3.8, 4) is 10.6 Å². The molecule has 0 aliphatic heterocycles. The second-order valence-electron chi connectivity index (χ2n) is 5.54. The van der Waals surface area contributed by atoms with Crippen LogP contribution < -0.4 is 10.2 Å². The van der Waals surface area contributed by atoms with Gasteiger partial charge in [0.15, 0.2) is 0 Å². The fourth-order valence-corrected chi connectivity index (χ4v) is 3.28. The van der Waals surface area contributed by atoms with Crippen LogP contribution in [0.1, 0.15) is 16.8 Å². The average molecular weight is 342 g/mol. The van der Waals surface area contributed by atoms with Crippen molar-refractivity contribution in [1.29, 1.82) is 0 Å². The number of aliphatic hydroxyl groups is 1. The maximum Gasteiger partial charge on any atom is 0.307 e. The van der Waals surface area contributed by atoms with Crippen LogP contribution in [-0.2, 0) is 13.7 Å². The molecule has 0 saturated carbocycles. The molecule has 2 N–H and O–H groups in total. The first kappa shape index (κ1) is 16.4. The number of aromatic nitrogens is 3. The molecule has 0 saturated heterocycles. The third kappa shape index (κ3) is 3.08. The number of hydrogen-bond acceptors (Lipinski definition) is 6. The van der Waals surface area contributed by atoms with Gasteiger partial charge in [-0.2, -0.15) is 0 Å². The Kier molecular flexibility index (Phi) is 4.46. The van der Waals surface area contributed by atoms with E-state index in [9.17, 15) is 9.90 Å². The van der Waals surface area contributed by atoms with Gasteiger partial charge in [0, 0.05) is 24.6 Å². The van der Waals surface area contributed by atoms with Crippen LogP contribution in [0.5, 0.6) is 0 Å². The van der Waals surface area contributed by atoms with Gasteiger partial charge in [0.05, 0.1) is 17.2 Å². The number of aliphatic hydroxyl groups excluding tert-OH is 1. The molecule has 24 heavy (non-hydrogen) atoms. The largest absolute Gasteiger partial charge is 0.392 e. The molecule has 0 radical (unpaired) electrons. The second kappa shape index (κ2) is 6.54.